The Morgan fingerprint density at radius 2 is 2.25 bits per heavy atom. The second-order valence-electron chi connectivity index (χ2n) is 4.89. The predicted octanol–water partition coefficient (Wildman–Crippen LogP) is 2.00. The van der Waals surface area contributed by atoms with Crippen LogP contribution < -0.4 is 5.32 Å². The van der Waals surface area contributed by atoms with Crippen molar-refractivity contribution in [1.82, 2.24) is 10.2 Å². The zero-order valence-electron chi connectivity index (χ0n) is 10.9. The molecule has 1 aliphatic carbocycles. The highest BCUT2D eigenvalue weighted by atomic mass is 15.1. The van der Waals surface area contributed by atoms with Crippen molar-refractivity contribution in [3.05, 3.63) is 0 Å². The fourth-order valence-corrected chi connectivity index (χ4v) is 2.74. The summed E-state index contributed by atoms with van der Waals surface area (Å²) in [5.41, 5.74) is -0.233. The van der Waals surface area contributed by atoms with Gasteiger partial charge in [-0.25, -0.2) is 0 Å². The van der Waals surface area contributed by atoms with Gasteiger partial charge >= 0.3 is 0 Å². The summed E-state index contributed by atoms with van der Waals surface area (Å²) >= 11 is 0. The minimum atomic E-state index is -0.233. The molecule has 1 aliphatic rings. The molecule has 3 nitrogen and oxygen atoms in total. The maximum Gasteiger partial charge on any atom is 0.109 e. The summed E-state index contributed by atoms with van der Waals surface area (Å²) in [7, 11) is 2.15. The number of nitriles is 1. The van der Waals surface area contributed by atoms with Crippen LogP contribution in [0.2, 0.25) is 0 Å². The molecule has 92 valence electrons. The van der Waals surface area contributed by atoms with Crippen LogP contribution in [0.4, 0.5) is 0 Å². The molecule has 1 saturated carbocycles. The molecule has 0 aromatic rings. The third kappa shape index (κ3) is 2.96. The van der Waals surface area contributed by atoms with E-state index in [9.17, 15) is 5.26 Å². The number of nitrogens with one attached hydrogen (secondary N) is 1. The lowest BCUT2D eigenvalue weighted by Crippen LogP contribution is -2.47. The van der Waals surface area contributed by atoms with Crippen molar-refractivity contribution < 1.29 is 0 Å². The molecule has 2 atom stereocenters. The second kappa shape index (κ2) is 6.22. The number of hydrogen-bond acceptors (Lipinski definition) is 3. The zero-order chi connectivity index (χ0) is 12.0. The Kier molecular flexibility index (Phi) is 5.24. The van der Waals surface area contributed by atoms with E-state index in [1.165, 1.54) is 12.8 Å². The first-order valence-corrected chi connectivity index (χ1v) is 6.53. The van der Waals surface area contributed by atoms with E-state index in [-0.39, 0.29) is 5.54 Å². The maximum absolute atomic E-state index is 9.41. The van der Waals surface area contributed by atoms with Gasteiger partial charge in [0.05, 0.1) is 6.07 Å². The predicted molar refractivity (Wildman–Crippen MR) is 67.1 cm³/mol. The molecule has 0 amide bonds. The van der Waals surface area contributed by atoms with E-state index < -0.39 is 0 Å². The van der Waals surface area contributed by atoms with Crippen molar-refractivity contribution in [3.8, 4) is 6.07 Å². The van der Waals surface area contributed by atoms with Crippen molar-refractivity contribution in [2.24, 2.45) is 5.92 Å². The standard InChI is InChI=1S/C13H25N3/c1-4-15-13(11-14)9-6-7-12(13)8-10-16(3)5-2/h12,15H,4-10H2,1-3H3. The summed E-state index contributed by atoms with van der Waals surface area (Å²) in [4.78, 5) is 2.33. The molecule has 0 aliphatic heterocycles. The SMILES string of the molecule is CCNC1(C#N)CCCC1CCN(C)CC. The highest BCUT2D eigenvalue weighted by Crippen LogP contribution is 2.37. The van der Waals surface area contributed by atoms with Crippen LogP contribution in [-0.2, 0) is 0 Å². The molecule has 1 rings (SSSR count). The van der Waals surface area contributed by atoms with Crippen molar-refractivity contribution in [2.45, 2.75) is 45.1 Å². The Bertz CT molecular complexity index is 246. The van der Waals surface area contributed by atoms with E-state index in [1.807, 2.05) is 0 Å². The third-order valence-electron chi connectivity index (χ3n) is 3.91. The third-order valence-corrected chi connectivity index (χ3v) is 3.91. The van der Waals surface area contributed by atoms with Crippen LogP contribution in [0.5, 0.6) is 0 Å². The molecule has 0 saturated heterocycles. The summed E-state index contributed by atoms with van der Waals surface area (Å²) in [6.07, 6.45) is 4.57. The quantitative estimate of drug-likeness (QED) is 0.748. The fourth-order valence-electron chi connectivity index (χ4n) is 2.74. The Labute approximate surface area is 99.8 Å². The molecule has 1 fully saturated rings. The maximum atomic E-state index is 9.41. The zero-order valence-corrected chi connectivity index (χ0v) is 10.9. The van der Waals surface area contributed by atoms with Crippen molar-refractivity contribution in [3.63, 3.8) is 0 Å². The summed E-state index contributed by atoms with van der Waals surface area (Å²) in [5, 5.41) is 12.8. The summed E-state index contributed by atoms with van der Waals surface area (Å²) < 4.78 is 0. The van der Waals surface area contributed by atoms with E-state index in [0.717, 1.165) is 32.5 Å². The highest BCUT2D eigenvalue weighted by Gasteiger charge is 2.42. The minimum absolute atomic E-state index is 0.233. The van der Waals surface area contributed by atoms with Gasteiger partial charge in [-0.2, -0.15) is 5.26 Å². The molecule has 1 N–H and O–H groups in total. The topological polar surface area (TPSA) is 39.1 Å². The molecule has 0 heterocycles. The van der Waals surface area contributed by atoms with Crippen LogP contribution in [0.15, 0.2) is 0 Å². The fraction of sp³-hybridized carbons (Fsp3) is 0.923. The van der Waals surface area contributed by atoms with Crippen LogP contribution in [0.25, 0.3) is 0 Å². The minimum Gasteiger partial charge on any atom is -0.307 e. The van der Waals surface area contributed by atoms with Crippen LogP contribution in [0, 0.1) is 17.2 Å². The van der Waals surface area contributed by atoms with Gasteiger partial charge in [-0.05, 0) is 51.9 Å². The summed E-state index contributed by atoms with van der Waals surface area (Å²) in [6, 6.07) is 2.54. The molecule has 2 unspecified atom stereocenters. The van der Waals surface area contributed by atoms with Gasteiger partial charge in [0.2, 0.25) is 0 Å². The number of nitrogens with zero attached hydrogens (tertiary/aromatic N) is 2. The van der Waals surface area contributed by atoms with Gasteiger partial charge in [0, 0.05) is 0 Å². The second-order valence-corrected chi connectivity index (χ2v) is 4.89. The first-order chi connectivity index (χ1) is 7.68. The van der Waals surface area contributed by atoms with Gasteiger partial charge < -0.3 is 4.90 Å². The molecule has 3 heteroatoms. The van der Waals surface area contributed by atoms with E-state index in [1.54, 1.807) is 0 Å². The average Bonchev–Trinajstić information content (AvgIpc) is 2.70. The van der Waals surface area contributed by atoms with Crippen LogP contribution >= 0.6 is 0 Å². The van der Waals surface area contributed by atoms with Crippen molar-refractivity contribution in [1.29, 1.82) is 5.26 Å². The van der Waals surface area contributed by atoms with E-state index in [0.29, 0.717) is 5.92 Å². The highest BCUT2D eigenvalue weighted by molar-refractivity contribution is 5.13. The molecule has 0 aromatic heterocycles. The monoisotopic (exact) mass is 223 g/mol. The average molecular weight is 223 g/mol. The van der Waals surface area contributed by atoms with E-state index in [4.69, 9.17) is 0 Å². The molecular formula is C13H25N3. The Morgan fingerprint density at radius 1 is 1.50 bits per heavy atom. The van der Waals surface area contributed by atoms with Gasteiger partial charge in [-0.15, -0.1) is 0 Å². The largest absolute Gasteiger partial charge is 0.307 e. The van der Waals surface area contributed by atoms with Crippen LogP contribution in [-0.4, -0.2) is 37.1 Å². The summed E-state index contributed by atoms with van der Waals surface area (Å²) in [6.45, 7) is 7.36. The Morgan fingerprint density at radius 3 is 2.81 bits per heavy atom. The first kappa shape index (κ1) is 13.5. The van der Waals surface area contributed by atoms with Crippen LogP contribution in [0.1, 0.15) is 39.5 Å². The van der Waals surface area contributed by atoms with E-state index in [2.05, 4.69) is 37.2 Å². The normalized spacial score (nSPS) is 29.6. The van der Waals surface area contributed by atoms with Gasteiger partial charge in [-0.3, -0.25) is 5.32 Å². The molecule has 0 spiro atoms. The number of hydrogen-bond donors (Lipinski definition) is 1. The van der Waals surface area contributed by atoms with E-state index >= 15 is 0 Å². The lowest BCUT2D eigenvalue weighted by molar-refractivity contribution is 0.257. The molecule has 16 heavy (non-hydrogen) atoms. The Hall–Kier alpha value is -0.590. The lowest BCUT2D eigenvalue weighted by atomic mass is 9.85. The molecule has 0 radical (unpaired) electrons. The first-order valence-electron chi connectivity index (χ1n) is 6.53. The number of rotatable bonds is 6. The smallest absolute Gasteiger partial charge is 0.109 e. The van der Waals surface area contributed by atoms with Gasteiger partial charge in [-0.1, -0.05) is 20.3 Å². The molecule has 0 aromatic carbocycles. The van der Waals surface area contributed by atoms with Crippen molar-refractivity contribution >= 4 is 0 Å². The molecular weight excluding hydrogens is 198 g/mol. The lowest BCUT2D eigenvalue weighted by Gasteiger charge is -2.30. The van der Waals surface area contributed by atoms with Crippen molar-refractivity contribution in [2.75, 3.05) is 26.7 Å². The molecule has 0 bridgehead atoms. The van der Waals surface area contributed by atoms with Gasteiger partial charge in [0.15, 0.2) is 0 Å². The van der Waals surface area contributed by atoms with Gasteiger partial charge in [0.25, 0.3) is 0 Å². The van der Waals surface area contributed by atoms with Gasteiger partial charge in [0.1, 0.15) is 5.54 Å². The van der Waals surface area contributed by atoms with Crippen LogP contribution in [0.3, 0.4) is 0 Å². The summed E-state index contributed by atoms with van der Waals surface area (Å²) in [5.74, 6) is 0.534. The Balaban J connectivity index is 2.54.